The maximum atomic E-state index is 12.4. The second-order valence-corrected chi connectivity index (χ2v) is 5.86. The van der Waals surface area contributed by atoms with Gasteiger partial charge in [-0.1, -0.05) is 6.07 Å². The van der Waals surface area contributed by atoms with Gasteiger partial charge in [-0.15, -0.1) is 0 Å². The smallest absolute Gasteiger partial charge is 0.319 e. The molecule has 7 nitrogen and oxygen atoms in total. The van der Waals surface area contributed by atoms with Crippen molar-refractivity contribution in [1.82, 2.24) is 24.6 Å². The van der Waals surface area contributed by atoms with Gasteiger partial charge in [-0.05, 0) is 17.7 Å². The number of rotatable bonds is 3. The first-order valence-electron chi connectivity index (χ1n) is 7.61. The average molecular weight is 315 g/mol. The van der Waals surface area contributed by atoms with Crippen LogP contribution in [0.1, 0.15) is 11.3 Å². The monoisotopic (exact) mass is 315 g/mol. The van der Waals surface area contributed by atoms with E-state index in [4.69, 9.17) is 4.74 Å². The van der Waals surface area contributed by atoms with Crippen molar-refractivity contribution < 1.29 is 9.53 Å². The number of hydrogen-bond donors (Lipinski definition) is 0. The zero-order valence-corrected chi connectivity index (χ0v) is 13.4. The van der Waals surface area contributed by atoms with E-state index in [2.05, 4.69) is 10.1 Å². The van der Waals surface area contributed by atoms with E-state index in [-0.39, 0.29) is 12.1 Å². The average Bonchev–Trinajstić information content (AvgIpc) is 2.91. The lowest BCUT2D eigenvalue weighted by Crippen LogP contribution is -2.42. The minimum Gasteiger partial charge on any atom is -0.370 e. The largest absolute Gasteiger partial charge is 0.370 e. The van der Waals surface area contributed by atoms with Gasteiger partial charge in [-0.2, -0.15) is 5.10 Å². The van der Waals surface area contributed by atoms with Gasteiger partial charge in [0.2, 0.25) is 0 Å². The van der Waals surface area contributed by atoms with E-state index >= 15 is 0 Å². The van der Waals surface area contributed by atoms with Gasteiger partial charge in [0.15, 0.2) is 0 Å². The van der Waals surface area contributed by atoms with Gasteiger partial charge in [0.1, 0.15) is 0 Å². The topological polar surface area (TPSA) is 63.5 Å². The summed E-state index contributed by atoms with van der Waals surface area (Å²) >= 11 is 0. The van der Waals surface area contributed by atoms with E-state index in [1.165, 1.54) is 0 Å². The molecule has 7 heteroatoms. The lowest BCUT2D eigenvalue weighted by molar-refractivity contribution is 0.0130. The van der Waals surface area contributed by atoms with Gasteiger partial charge in [-0.25, -0.2) is 4.79 Å². The molecule has 0 saturated carbocycles. The highest BCUT2D eigenvalue weighted by molar-refractivity contribution is 5.73. The minimum absolute atomic E-state index is 0.0189. The van der Waals surface area contributed by atoms with Crippen LogP contribution in [0.2, 0.25) is 0 Å². The number of aromatic nitrogens is 3. The molecule has 0 fully saturated rings. The summed E-state index contributed by atoms with van der Waals surface area (Å²) in [7, 11) is 3.52. The fraction of sp³-hybridized carbons (Fsp3) is 0.438. The molecule has 122 valence electrons. The first-order valence-corrected chi connectivity index (χ1v) is 7.61. The molecule has 3 heterocycles. The molecule has 1 aliphatic heterocycles. The predicted molar refractivity (Wildman–Crippen MR) is 84.5 cm³/mol. The number of carbonyl (C=O) groups is 1. The molecule has 1 aliphatic rings. The van der Waals surface area contributed by atoms with Crippen molar-refractivity contribution >= 4 is 6.03 Å². The van der Waals surface area contributed by atoms with Crippen LogP contribution in [0.15, 0.2) is 36.8 Å². The highest BCUT2D eigenvalue weighted by Gasteiger charge is 2.26. The molecular formula is C16H21N5O2. The lowest BCUT2D eigenvalue weighted by Gasteiger charge is -2.27. The van der Waals surface area contributed by atoms with E-state index in [9.17, 15) is 4.79 Å². The molecule has 0 aliphatic carbocycles. The van der Waals surface area contributed by atoms with Gasteiger partial charge < -0.3 is 14.5 Å². The number of carbonyl (C=O) groups excluding carboxylic acids is 1. The van der Waals surface area contributed by atoms with E-state index < -0.39 is 0 Å². The third-order valence-corrected chi connectivity index (χ3v) is 3.82. The van der Waals surface area contributed by atoms with Crippen molar-refractivity contribution in [3.63, 3.8) is 0 Å². The number of ether oxygens (including phenoxy) is 1. The molecule has 2 aromatic heterocycles. The minimum atomic E-state index is -0.111. The summed E-state index contributed by atoms with van der Waals surface area (Å²) in [5, 5.41) is 4.33. The van der Waals surface area contributed by atoms with Gasteiger partial charge in [0.05, 0.1) is 38.0 Å². The Morgan fingerprint density at radius 2 is 2.22 bits per heavy atom. The zero-order chi connectivity index (χ0) is 16.2. The van der Waals surface area contributed by atoms with Gasteiger partial charge in [0.25, 0.3) is 0 Å². The molecule has 0 spiro atoms. The van der Waals surface area contributed by atoms with Crippen LogP contribution in [-0.2, 0) is 24.4 Å². The SMILES string of the molecule is CN(C)C(=O)N1Cc2ccnn2C[C@@H](OCc2cccnc2)C1. The number of hydrogen-bond acceptors (Lipinski definition) is 4. The van der Waals surface area contributed by atoms with Crippen LogP contribution in [0.25, 0.3) is 0 Å². The van der Waals surface area contributed by atoms with Crippen LogP contribution < -0.4 is 0 Å². The van der Waals surface area contributed by atoms with E-state index in [1.54, 1.807) is 42.5 Å². The van der Waals surface area contributed by atoms with Crippen LogP contribution in [0.4, 0.5) is 4.79 Å². The third kappa shape index (κ3) is 3.68. The first-order chi connectivity index (χ1) is 11.1. The number of urea groups is 1. The maximum Gasteiger partial charge on any atom is 0.319 e. The predicted octanol–water partition coefficient (Wildman–Crippen LogP) is 1.36. The van der Waals surface area contributed by atoms with Crippen molar-refractivity contribution in [2.24, 2.45) is 0 Å². The quantitative estimate of drug-likeness (QED) is 0.858. The molecule has 2 amide bonds. The maximum absolute atomic E-state index is 12.4. The van der Waals surface area contributed by atoms with E-state index in [0.717, 1.165) is 11.3 Å². The van der Waals surface area contributed by atoms with Crippen LogP contribution in [0.5, 0.6) is 0 Å². The Bertz CT molecular complexity index is 656. The van der Waals surface area contributed by atoms with Gasteiger partial charge in [0, 0.05) is 32.7 Å². The Kier molecular flexibility index (Phi) is 4.57. The summed E-state index contributed by atoms with van der Waals surface area (Å²) in [6.07, 6.45) is 5.18. The summed E-state index contributed by atoms with van der Waals surface area (Å²) < 4.78 is 7.94. The molecule has 0 unspecified atom stereocenters. The number of fused-ring (bicyclic) bond motifs is 1. The van der Waals surface area contributed by atoms with E-state index in [0.29, 0.717) is 26.2 Å². The van der Waals surface area contributed by atoms with Crippen LogP contribution in [0, 0.1) is 0 Å². The highest BCUT2D eigenvalue weighted by atomic mass is 16.5. The van der Waals surface area contributed by atoms with Crippen LogP contribution >= 0.6 is 0 Å². The summed E-state index contributed by atoms with van der Waals surface area (Å²) in [5.41, 5.74) is 2.04. The molecule has 0 saturated heterocycles. The Balaban J connectivity index is 1.73. The van der Waals surface area contributed by atoms with Crippen molar-refractivity contribution in [1.29, 1.82) is 0 Å². The molecule has 1 atom stereocenters. The second-order valence-electron chi connectivity index (χ2n) is 5.86. The van der Waals surface area contributed by atoms with Crippen LogP contribution in [-0.4, -0.2) is 57.3 Å². The van der Waals surface area contributed by atoms with Crippen molar-refractivity contribution in [3.05, 3.63) is 48.0 Å². The molecule has 0 aromatic carbocycles. The second kappa shape index (κ2) is 6.78. The summed E-state index contributed by atoms with van der Waals surface area (Å²) in [6, 6.07) is 5.79. The fourth-order valence-electron chi connectivity index (χ4n) is 2.65. The Morgan fingerprint density at radius 3 is 2.96 bits per heavy atom. The number of pyridine rings is 1. The fourth-order valence-corrected chi connectivity index (χ4v) is 2.65. The first kappa shape index (κ1) is 15.5. The Morgan fingerprint density at radius 1 is 1.35 bits per heavy atom. The number of amides is 2. The summed E-state index contributed by atoms with van der Waals surface area (Å²) in [5.74, 6) is 0. The van der Waals surface area contributed by atoms with Crippen molar-refractivity contribution in [2.75, 3.05) is 20.6 Å². The molecule has 3 rings (SSSR count). The summed E-state index contributed by atoms with van der Waals surface area (Å²) in [6.45, 7) is 2.20. The van der Waals surface area contributed by atoms with Gasteiger partial charge >= 0.3 is 6.03 Å². The van der Waals surface area contributed by atoms with E-state index in [1.807, 2.05) is 22.9 Å². The number of nitrogens with zero attached hydrogens (tertiary/aromatic N) is 5. The van der Waals surface area contributed by atoms with Gasteiger partial charge in [-0.3, -0.25) is 9.67 Å². The third-order valence-electron chi connectivity index (χ3n) is 3.82. The van der Waals surface area contributed by atoms with Crippen LogP contribution in [0.3, 0.4) is 0 Å². The standard InChI is InChI=1S/C16H21N5O2/c1-19(2)16(22)20-9-14-5-7-18-21(14)11-15(10-20)23-12-13-4-3-6-17-8-13/h3-8,15H,9-12H2,1-2H3/t15-/m0/s1. The van der Waals surface area contributed by atoms with Crippen molar-refractivity contribution in [3.8, 4) is 0 Å². The molecule has 0 N–H and O–H groups in total. The normalized spacial score (nSPS) is 17.5. The Labute approximate surface area is 135 Å². The highest BCUT2D eigenvalue weighted by Crippen LogP contribution is 2.16. The summed E-state index contributed by atoms with van der Waals surface area (Å²) in [4.78, 5) is 19.8. The Hall–Kier alpha value is -2.41. The lowest BCUT2D eigenvalue weighted by atomic mass is 10.3. The molecular weight excluding hydrogens is 294 g/mol. The molecule has 23 heavy (non-hydrogen) atoms. The molecule has 2 aromatic rings. The molecule has 0 radical (unpaired) electrons. The molecule has 0 bridgehead atoms. The zero-order valence-electron chi connectivity index (χ0n) is 13.4. The van der Waals surface area contributed by atoms with Crippen molar-refractivity contribution in [2.45, 2.75) is 25.8 Å².